The van der Waals surface area contributed by atoms with Gasteiger partial charge in [0.2, 0.25) is 0 Å². The Bertz CT molecular complexity index is 349. The Labute approximate surface area is 121 Å². The number of rotatable bonds is 10. The number of hydrogen-bond acceptors (Lipinski definition) is 6. The van der Waals surface area contributed by atoms with Gasteiger partial charge in [-0.2, -0.15) is 0 Å². The van der Waals surface area contributed by atoms with E-state index < -0.39 is 0 Å². The number of nitrogens with zero attached hydrogens (tertiary/aromatic N) is 3. The second kappa shape index (κ2) is 9.63. The molecule has 0 amide bonds. The quantitative estimate of drug-likeness (QED) is 0.693. The van der Waals surface area contributed by atoms with Crippen LogP contribution in [0.5, 0.6) is 0 Å². The van der Waals surface area contributed by atoms with Gasteiger partial charge in [0, 0.05) is 39.9 Å². The van der Waals surface area contributed by atoms with E-state index in [0.717, 1.165) is 31.1 Å². The van der Waals surface area contributed by atoms with Crippen molar-refractivity contribution in [3.8, 4) is 0 Å². The summed E-state index contributed by atoms with van der Waals surface area (Å²) >= 11 is 0. The van der Waals surface area contributed by atoms with Gasteiger partial charge in [-0.25, -0.2) is 4.98 Å². The Morgan fingerprint density at radius 2 is 1.75 bits per heavy atom. The molecule has 114 valence electrons. The summed E-state index contributed by atoms with van der Waals surface area (Å²) in [5, 5.41) is 3.32. The zero-order valence-electron chi connectivity index (χ0n) is 12.9. The number of ether oxygens (including phenoxy) is 2. The largest absolute Gasteiger partial charge is 0.383 e. The van der Waals surface area contributed by atoms with Crippen LogP contribution in [0.4, 0.5) is 5.82 Å². The van der Waals surface area contributed by atoms with Gasteiger partial charge < -0.3 is 19.7 Å². The number of nitrogens with one attached hydrogen (secondary N) is 1. The van der Waals surface area contributed by atoms with Crippen LogP contribution in [0.25, 0.3) is 0 Å². The second-order valence-corrected chi connectivity index (χ2v) is 4.87. The van der Waals surface area contributed by atoms with Crippen molar-refractivity contribution >= 4 is 5.82 Å². The Morgan fingerprint density at radius 3 is 2.20 bits per heavy atom. The maximum atomic E-state index is 5.12. The zero-order valence-corrected chi connectivity index (χ0v) is 12.9. The van der Waals surface area contributed by atoms with Crippen LogP contribution >= 0.6 is 0 Å². The van der Waals surface area contributed by atoms with Gasteiger partial charge in [0.05, 0.1) is 31.3 Å². The van der Waals surface area contributed by atoms with Crippen LogP contribution in [0.15, 0.2) is 12.4 Å². The standard InChI is InChI=1S/C14H26N4O2/c1-12(2)15-9-13-10-17-14(11-16-13)18(5-7-19-3)6-8-20-4/h10-12,15H,5-9H2,1-4H3. The molecule has 6 heteroatoms. The minimum Gasteiger partial charge on any atom is -0.383 e. The first-order valence-corrected chi connectivity index (χ1v) is 6.94. The van der Waals surface area contributed by atoms with Gasteiger partial charge in [0.15, 0.2) is 0 Å². The molecule has 0 aromatic carbocycles. The van der Waals surface area contributed by atoms with Crippen molar-refractivity contribution in [1.29, 1.82) is 0 Å². The molecule has 0 aliphatic rings. The molecule has 0 unspecified atom stereocenters. The monoisotopic (exact) mass is 282 g/mol. The summed E-state index contributed by atoms with van der Waals surface area (Å²) in [6.45, 7) is 7.82. The lowest BCUT2D eigenvalue weighted by Crippen LogP contribution is -2.31. The molecule has 0 fully saturated rings. The number of aromatic nitrogens is 2. The molecule has 0 saturated carbocycles. The van der Waals surface area contributed by atoms with Crippen molar-refractivity contribution < 1.29 is 9.47 Å². The third-order valence-electron chi connectivity index (χ3n) is 2.84. The van der Waals surface area contributed by atoms with Crippen molar-refractivity contribution in [1.82, 2.24) is 15.3 Å². The highest BCUT2D eigenvalue weighted by atomic mass is 16.5. The summed E-state index contributed by atoms with van der Waals surface area (Å²) in [7, 11) is 3.39. The first kappa shape index (κ1) is 16.8. The summed E-state index contributed by atoms with van der Waals surface area (Å²) in [6.07, 6.45) is 3.62. The van der Waals surface area contributed by atoms with Crippen LogP contribution in [0.2, 0.25) is 0 Å². The van der Waals surface area contributed by atoms with Gasteiger partial charge in [0.1, 0.15) is 5.82 Å². The van der Waals surface area contributed by atoms with Gasteiger partial charge in [-0.15, -0.1) is 0 Å². The highest BCUT2D eigenvalue weighted by Crippen LogP contribution is 2.08. The van der Waals surface area contributed by atoms with Crippen LogP contribution in [0, 0.1) is 0 Å². The van der Waals surface area contributed by atoms with Crippen molar-refractivity contribution in [3.05, 3.63) is 18.1 Å². The zero-order chi connectivity index (χ0) is 14.8. The number of hydrogen-bond donors (Lipinski definition) is 1. The van der Waals surface area contributed by atoms with Crippen LogP contribution < -0.4 is 10.2 Å². The van der Waals surface area contributed by atoms with Crippen molar-refractivity contribution in [3.63, 3.8) is 0 Å². The van der Waals surface area contributed by atoms with E-state index in [0.29, 0.717) is 19.3 Å². The van der Waals surface area contributed by atoms with Gasteiger partial charge in [-0.1, -0.05) is 13.8 Å². The van der Waals surface area contributed by atoms with Crippen molar-refractivity contribution in [2.24, 2.45) is 0 Å². The summed E-state index contributed by atoms with van der Waals surface area (Å²) in [5.41, 5.74) is 0.945. The van der Waals surface area contributed by atoms with E-state index in [9.17, 15) is 0 Å². The molecule has 1 aromatic heterocycles. The Kier molecular flexibility index (Phi) is 8.10. The average Bonchev–Trinajstić information content (AvgIpc) is 2.46. The summed E-state index contributed by atoms with van der Waals surface area (Å²) < 4.78 is 10.2. The first-order valence-electron chi connectivity index (χ1n) is 6.94. The fourth-order valence-electron chi connectivity index (χ4n) is 1.66. The maximum absolute atomic E-state index is 5.12. The lowest BCUT2D eigenvalue weighted by Gasteiger charge is -2.22. The normalized spacial score (nSPS) is 11.1. The molecular formula is C14H26N4O2. The Hall–Kier alpha value is -1.24. The van der Waals surface area contributed by atoms with E-state index in [4.69, 9.17) is 9.47 Å². The molecule has 0 aliphatic carbocycles. The molecular weight excluding hydrogens is 256 g/mol. The summed E-state index contributed by atoms with van der Waals surface area (Å²) in [4.78, 5) is 11.0. The van der Waals surface area contributed by atoms with Crippen molar-refractivity contribution in [2.45, 2.75) is 26.4 Å². The molecule has 0 bridgehead atoms. The maximum Gasteiger partial charge on any atom is 0.147 e. The highest BCUT2D eigenvalue weighted by molar-refractivity contribution is 5.35. The fourth-order valence-corrected chi connectivity index (χ4v) is 1.66. The SMILES string of the molecule is COCCN(CCOC)c1cnc(CNC(C)C)cn1. The molecule has 1 heterocycles. The number of anilines is 1. The van der Waals surface area contributed by atoms with Gasteiger partial charge in [-0.3, -0.25) is 4.98 Å². The predicted molar refractivity (Wildman–Crippen MR) is 80.0 cm³/mol. The minimum atomic E-state index is 0.441. The molecule has 0 aliphatic heterocycles. The summed E-state index contributed by atoms with van der Waals surface area (Å²) in [5.74, 6) is 0.854. The molecule has 0 saturated heterocycles. The topological polar surface area (TPSA) is 59.5 Å². The van der Waals surface area contributed by atoms with Crippen LogP contribution in [0.3, 0.4) is 0 Å². The molecule has 0 spiro atoms. The van der Waals surface area contributed by atoms with Crippen LogP contribution in [-0.2, 0) is 16.0 Å². The van der Waals surface area contributed by atoms with Crippen molar-refractivity contribution in [2.75, 3.05) is 45.4 Å². The Balaban J connectivity index is 2.61. The predicted octanol–water partition coefficient (Wildman–Crippen LogP) is 1.07. The smallest absolute Gasteiger partial charge is 0.147 e. The molecule has 20 heavy (non-hydrogen) atoms. The van der Waals surface area contributed by atoms with E-state index in [1.807, 2.05) is 12.4 Å². The lowest BCUT2D eigenvalue weighted by atomic mass is 10.3. The molecule has 1 N–H and O–H groups in total. The second-order valence-electron chi connectivity index (χ2n) is 4.87. The molecule has 0 radical (unpaired) electrons. The van der Waals surface area contributed by atoms with Crippen LogP contribution in [0.1, 0.15) is 19.5 Å². The number of methoxy groups -OCH3 is 2. The van der Waals surface area contributed by atoms with E-state index >= 15 is 0 Å². The minimum absolute atomic E-state index is 0.441. The van der Waals surface area contributed by atoms with Gasteiger partial charge >= 0.3 is 0 Å². The third-order valence-corrected chi connectivity index (χ3v) is 2.84. The Morgan fingerprint density at radius 1 is 1.10 bits per heavy atom. The molecule has 1 rings (SSSR count). The molecule has 6 nitrogen and oxygen atoms in total. The van der Waals surface area contributed by atoms with E-state index in [1.165, 1.54) is 0 Å². The highest BCUT2D eigenvalue weighted by Gasteiger charge is 2.08. The van der Waals surface area contributed by atoms with E-state index in [-0.39, 0.29) is 0 Å². The lowest BCUT2D eigenvalue weighted by molar-refractivity contribution is 0.190. The fraction of sp³-hybridized carbons (Fsp3) is 0.714. The molecule has 0 atom stereocenters. The first-order chi connectivity index (χ1) is 9.67. The summed E-state index contributed by atoms with van der Waals surface area (Å²) in [6, 6.07) is 0.441. The van der Waals surface area contributed by atoms with Crippen LogP contribution in [-0.4, -0.2) is 56.5 Å². The van der Waals surface area contributed by atoms with Gasteiger partial charge in [0.25, 0.3) is 0 Å². The van der Waals surface area contributed by atoms with E-state index in [1.54, 1.807) is 14.2 Å². The third kappa shape index (κ3) is 6.27. The van der Waals surface area contributed by atoms with E-state index in [2.05, 4.69) is 34.0 Å². The van der Waals surface area contributed by atoms with Gasteiger partial charge in [-0.05, 0) is 0 Å². The molecule has 1 aromatic rings. The average molecular weight is 282 g/mol.